The Labute approximate surface area is 90.4 Å². The predicted molar refractivity (Wildman–Crippen MR) is 58.5 cm³/mol. The molecule has 0 radical (unpaired) electrons. The van der Waals surface area contributed by atoms with Crippen molar-refractivity contribution in [1.29, 1.82) is 0 Å². The zero-order valence-corrected chi connectivity index (χ0v) is 9.49. The minimum Gasteiger partial charge on any atom is -0.478 e. The second-order valence-electron chi connectivity index (χ2n) is 3.83. The summed E-state index contributed by atoms with van der Waals surface area (Å²) in [5.41, 5.74) is 0. The smallest absolute Gasteiger partial charge is 0.328 e. The summed E-state index contributed by atoms with van der Waals surface area (Å²) in [5, 5.41) is 11.0. The number of amides is 1. The molecular formula is C11H19NO3. The lowest BCUT2D eigenvalue weighted by atomic mass is 10.0. The summed E-state index contributed by atoms with van der Waals surface area (Å²) < 4.78 is 0. The third kappa shape index (κ3) is 7.73. The van der Waals surface area contributed by atoms with Gasteiger partial charge in [0.05, 0.1) is 0 Å². The van der Waals surface area contributed by atoms with E-state index in [1.165, 1.54) is 0 Å². The summed E-state index contributed by atoms with van der Waals surface area (Å²) in [5.74, 6) is -0.906. The maximum atomic E-state index is 11.2. The summed E-state index contributed by atoms with van der Waals surface area (Å²) >= 11 is 0. The van der Waals surface area contributed by atoms with Crippen molar-refractivity contribution in [1.82, 2.24) is 5.32 Å². The Morgan fingerprint density at radius 3 is 2.40 bits per heavy atom. The summed E-state index contributed by atoms with van der Waals surface area (Å²) in [4.78, 5) is 21.3. The van der Waals surface area contributed by atoms with Crippen LogP contribution in [0, 0.1) is 5.92 Å². The number of carbonyl (C=O) groups excluding carboxylic acids is 1. The first-order chi connectivity index (χ1) is 6.95. The number of hydrogen-bond acceptors (Lipinski definition) is 2. The van der Waals surface area contributed by atoms with Crippen LogP contribution in [0.15, 0.2) is 12.2 Å². The summed E-state index contributed by atoms with van der Waals surface area (Å²) in [6.07, 6.45) is 3.86. The molecule has 4 heteroatoms. The topological polar surface area (TPSA) is 66.4 Å². The van der Waals surface area contributed by atoms with Gasteiger partial charge in [0.2, 0.25) is 5.91 Å². The van der Waals surface area contributed by atoms with E-state index in [0.29, 0.717) is 5.92 Å². The van der Waals surface area contributed by atoms with Gasteiger partial charge in [0.25, 0.3) is 0 Å². The molecular weight excluding hydrogens is 194 g/mol. The van der Waals surface area contributed by atoms with Crippen LogP contribution in [0.2, 0.25) is 0 Å². The van der Waals surface area contributed by atoms with E-state index in [2.05, 4.69) is 19.2 Å². The Morgan fingerprint density at radius 2 is 1.93 bits per heavy atom. The molecule has 0 aliphatic carbocycles. The maximum Gasteiger partial charge on any atom is 0.328 e. The molecule has 86 valence electrons. The van der Waals surface area contributed by atoms with Gasteiger partial charge in [0.15, 0.2) is 0 Å². The van der Waals surface area contributed by atoms with Crippen LogP contribution in [0.3, 0.4) is 0 Å². The minimum absolute atomic E-state index is 0.0749. The molecule has 0 aliphatic heterocycles. The molecule has 1 amide bonds. The van der Waals surface area contributed by atoms with Gasteiger partial charge in [-0.15, -0.1) is 0 Å². The lowest BCUT2D eigenvalue weighted by Crippen LogP contribution is -2.32. The van der Waals surface area contributed by atoms with Crippen LogP contribution >= 0.6 is 0 Å². The van der Waals surface area contributed by atoms with Gasteiger partial charge in [-0.05, 0) is 19.3 Å². The molecule has 2 N–H and O–H groups in total. The molecule has 0 aromatic carbocycles. The molecule has 0 bridgehead atoms. The molecule has 0 saturated carbocycles. The fourth-order valence-electron chi connectivity index (χ4n) is 1.27. The van der Waals surface area contributed by atoms with Crippen molar-refractivity contribution < 1.29 is 14.7 Å². The highest BCUT2D eigenvalue weighted by atomic mass is 16.4. The van der Waals surface area contributed by atoms with Gasteiger partial charge >= 0.3 is 5.97 Å². The third-order valence-electron chi connectivity index (χ3n) is 2.22. The lowest BCUT2D eigenvalue weighted by molar-refractivity contribution is -0.131. The molecule has 2 unspecified atom stereocenters. The van der Waals surface area contributed by atoms with Crippen molar-refractivity contribution in [2.75, 3.05) is 0 Å². The Balaban J connectivity index is 3.91. The van der Waals surface area contributed by atoms with Gasteiger partial charge in [-0.25, -0.2) is 4.79 Å². The predicted octanol–water partition coefficient (Wildman–Crippen LogP) is 1.57. The number of rotatable bonds is 6. The third-order valence-corrected chi connectivity index (χ3v) is 2.22. The molecule has 0 aromatic rings. The molecule has 0 fully saturated rings. The largest absolute Gasteiger partial charge is 0.478 e. The number of hydrogen-bond donors (Lipinski definition) is 2. The average molecular weight is 213 g/mol. The molecule has 4 nitrogen and oxygen atoms in total. The van der Waals surface area contributed by atoms with Crippen LogP contribution in [0.4, 0.5) is 0 Å². The van der Waals surface area contributed by atoms with Gasteiger partial charge in [0.1, 0.15) is 0 Å². The van der Waals surface area contributed by atoms with Gasteiger partial charge in [-0.3, -0.25) is 4.79 Å². The average Bonchev–Trinajstić information content (AvgIpc) is 2.14. The van der Waals surface area contributed by atoms with Gasteiger partial charge in [-0.1, -0.05) is 20.3 Å². The standard InChI is InChI=1S/C11H19NO3/c1-4-8(2)7-9(3)12-10(13)5-6-11(14)15/h5-6,8-9H,4,7H2,1-3H3,(H,12,13)(H,14,15). The van der Waals surface area contributed by atoms with Crippen LogP contribution in [0.1, 0.15) is 33.6 Å². The van der Waals surface area contributed by atoms with Crippen molar-refractivity contribution in [3.63, 3.8) is 0 Å². The van der Waals surface area contributed by atoms with Crippen LogP contribution in [0.25, 0.3) is 0 Å². The second kappa shape index (κ2) is 7.04. The summed E-state index contributed by atoms with van der Waals surface area (Å²) in [7, 11) is 0. The normalized spacial score (nSPS) is 14.9. The van der Waals surface area contributed by atoms with Crippen molar-refractivity contribution in [2.45, 2.75) is 39.7 Å². The zero-order valence-electron chi connectivity index (χ0n) is 9.49. The number of carboxylic acids is 1. The van der Waals surface area contributed by atoms with E-state index in [4.69, 9.17) is 5.11 Å². The Kier molecular flexibility index (Phi) is 6.42. The highest BCUT2D eigenvalue weighted by Crippen LogP contribution is 2.09. The first kappa shape index (κ1) is 13.7. The minimum atomic E-state index is -1.11. The second-order valence-corrected chi connectivity index (χ2v) is 3.83. The molecule has 0 aliphatic rings. The number of nitrogens with one attached hydrogen (secondary N) is 1. The van der Waals surface area contributed by atoms with Crippen LogP contribution in [0.5, 0.6) is 0 Å². The summed E-state index contributed by atoms with van der Waals surface area (Å²) in [6, 6.07) is 0.0749. The van der Waals surface area contributed by atoms with Crippen LogP contribution < -0.4 is 5.32 Å². The Hall–Kier alpha value is -1.32. The van der Waals surface area contributed by atoms with E-state index >= 15 is 0 Å². The van der Waals surface area contributed by atoms with Crippen molar-refractivity contribution in [3.05, 3.63) is 12.2 Å². The zero-order chi connectivity index (χ0) is 11.8. The number of carboxylic acid groups (broad SMARTS) is 1. The quantitative estimate of drug-likeness (QED) is 0.658. The molecule has 0 saturated heterocycles. The van der Waals surface area contributed by atoms with E-state index in [0.717, 1.165) is 25.0 Å². The van der Waals surface area contributed by atoms with E-state index in [9.17, 15) is 9.59 Å². The monoisotopic (exact) mass is 213 g/mol. The number of carbonyl (C=O) groups is 2. The lowest BCUT2D eigenvalue weighted by Gasteiger charge is -2.16. The Morgan fingerprint density at radius 1 is 1.33 bits per heavy atom. The number of aliphatic carboxylic acids is 1. The van der Waals surface area contributed by atoms with Crippen LogP contribution in [-0.4, -0.2) is 23.0 Å². The molecule has 15 heavy (non-hydrogen) atoms. The summed E-state index contributed by atoms with van der Waals surface area (Å²) in [6.45, 7) is 6.14. The van der Waals surface area contributed by atoms with Crippen molar-refractivity contribution >= 4 is 11.9 Å². The van der Waals surface area contributed by atoms with Gasteiger partial charge < -0.3 is 10.4 Å². The van der Waals surface area contributed by atoms with E-state index in [1.807, 2.05) is 6.92 Å². The highest BCUT2D eigenvalue weighted by molar-refractivity contribution is 5.93. The van der Waals surface area contributed by atoms with Gasteiger partial charge in [-0.2, -0.15) is 0 Å². The first-order valence-corrected chi connectivity index (χ1v) is 5.17. The fraction of sp³-hybridized carbons (Fsp3) is 0.636. The molecule has 0 rings (SSSR count). The molecule has 0 heterocycles. The highest BCUT2D eigenvalue weighted by Gasteiger charge is 2.08. The molecule has 2 atom stereocenters. The molecule has 0 aromatic heterocycles. The van der Waals surface area contributed by atoms with E-state index in [-0.39, 0.29) is 11.9 Å². The first-order valence-electron chi connectivity index (χ1n) is 5.17. The maximum absolute atomic E-state index is 11.2. The van der Waals surface area contributed by atoms with Crippen molar-refractivity contribution in [3.8, 4) is 0 Å². The van der Waals surface area contributed by atoms with Crippen LogP contribution in [-0.2, 0) is 9.59 Å². The van der Waals surface area contributed by atoms with Crippen molar-refractivity contribution in [2.24, 2.45) is 5.92 Å². The van der Waals surface area contributed by atoms with E-state index < -0.39 is 5.97 Å². The fourth-order valence-corrected chi connectivity index (χ4v) is 1.27. The Bertz CT molecular complexity index is 248. The molecule has 0 spiro atoms. The van der Waals surface area contributed by atoms with Gasteiger partial charge in [0, 0.05) is 18.2 Å². The van der Waals surface area contributed by atoms with E-state index in [1.54, 1.807) is 0 Å². The SMILES string of the molecule is CCC(C)CC(C)NC(=O)C=CC(=O)O.